The molecule has 0 aromatic carbocycles. The molecule has 0 bridgehead atoms. The van der Waals surface area contributed by atoms with Gasteiger partial charge in [0.05, 0.1) is 18.1 Å². The highest BCUT2D eigenvalue weighted by Gasteiger charge is 2.49. The van der Waals surface area contributed by atoms with Crippen molar-refractivity contribution in [1.82, 2.24) is 25.3 Å². The number of guanidine groups is 1. The molecule has 6 nitrogen and oxygen atoms in total. The molecule has 0 spiro atoms. The minimum atomic E-state index is -4.06. The van der Waals surface area contributed by atoms with Gasteiger partial charge in [-0.2, -0.15) is 13.2 Å². The molecule has 3 heterocycles. The molecule has 5 unspecified atom stereocenters. The van der Waals surface area contributed by atoms with E-state index in [1.807, 2.05) is 7.05 Å². The van der Waals surface area contributed by atoms with Gasteiger partial charge in [-0.1, -0.05) is 26.7 Å². The van der Waals surface area contributed by atoms with Crippen molar-refractivity contribution in [3.05, 3.63) is 0 Å². The Bertz CT molecular complexity index is 767. The number of hydrogen-bond donors (Lipinski definition) is 3. The van der Waals surface area contributed by atoms with Crippen molar-refractivity contribution < 1.29 is 13.2 Å². The summed E-state index contributed by atoms with van der Waals surface area (Å²) in [5.41, 5.74) is 0. The van der Waals surface area contributed by atoms with Crippen molar-refractivity contribution in [3.63, 3.8) is 0 Å². The Labute approximate surface area is 215 Å². The van der Waals surface area contributed by atoms with E-state index in [1.54, 1.807) is 0 Å². The molecule has 5 fully saturated rings. The maximum absolute atomic E-state index is 13.1. The lowest BCUT2D eigenvalue weighted by Gasteiger charge is -2.46. The quantitative estimate of drug-likeness (QED) is 0.513. The average Bonchev–Trinajstić information content (AvgIpc) is 3.45. The molecule has 5 aliphatic rings. The second-order valence-corrected chi connectivity index (χ2v) is 12.7. The Balaban J connectivity index is 1.17. The summed E-state index contributed by atoms with van der Waals surface area (Å²) in [5.74, 6) is 2.03. The highest BCUT2D eigenvalue weighted by Crippen LogP contribution is 2.40. The predicted molar refractivity (Wildman–Crippen MR) is 136 cm³/mol. The molecule has 2 saturated carbocycles. The lowest BCUT2D eigenvalue weighted by atomic mass is 9.71. The lowest BCUT2D eigenvalue weighted by Crippen LogP contribution is -2.67. The zero-order chi connectivity index (χ0) is 25.6. The number of likely N-dealkylation sites (tertiary alicyclic amines) is 1. The largest absolute Gasteiger partial charge is 0.393 e. The number of hydrogen-bond acceptors (Lipinski definition) is 4. The van der Waals surface area contributed by atoms with Gasteiger partial charge in [0.15, 0.2) is 5.96 Å². The maximum atomic E-state index is 13.1. The maximum Gasteiger partial charge on any atom is 0.393 e. The molecule has 6 atom stereocenters. The third-order valence-electron chi connectivity index (χ3n) is 10.3. The molecule has 0 aromatic rings. The van der Waals surface area contributed by atoms with Crippen LogP contribution >= 0.6 is 0 Å². The number of alkyl halides is 3. The monoisotopic (exact) mass is 512 g/mol. The molecular formula is C27H47F3N6. The summed E-state index contributed by atoms with van der Waals surface area (Å²) < 4.78 is 39.4. The van der Waals surface area contributed by atoms with Crippen LogP contribution in [0.1, 0.15) is 71.6 Å². The van der Waals surface area contributed by atoms with Crippen molar-refractivity contribution >= 4 is 5.96 Å². The molecular weight excluding hydrogens is 465 g/mol. The number of fused-ring (bicyclic) bond motifs is 1. The zero-order valence-electron chi connectivity index (χ0n) is 22.4. The van der Waals surface area contributed by atoms with E-state index in [4.69, 9.17) is 5.41 Å². The van der Waals surface area contributed by atoms with Crippen molar-refractivity contribution in [1.29, 1.82) is 5.41 Å². The Morgan fingerprint density at radius 2 is 1.75 bits per heavy atom. The third kappa shape index (κ3) is 5.26. The molecule has 2 aliphatic carbocycles. The first-order valence-electron chi connectivity index (χ1n) is 14.5. The first kappa shape index (κ1) is 26.5. The van der Waals surface area contributed by atoms with E-state index in [-0.39, 0.29) is 25.2 Å². The van der Waals surface area contributed by atoms with Crippen LogP contribution in [0.15, 0.2) is 0 Å². The average molecular weight is 513 g/mol. The van der Waals surface area contributed by atoms with Gasteiger partial charge in [-0.05, 0) is 75.2 Å². The Morgan fingerprint density at radius 3 is 2.42 bits per heavy atom. The number of rotatable bonds is 5. The van der Waals surface area contributed by atoms with E-state index < -0.39 is 12.1 Å². The summed E-state index contributed by atoms with van der Waals surface area (Å²) in [6.07, 6.45) is 5.95. The number of nitrogens with zero attached hydrogens (tertiary/aromatic N) is 3. The molecule has 3 saturated heterocycles. The van der Waals surface area contributed by atoms with Crippen LogP contribution in [0.4, 0.5) is 13.2 Å². The summed E-state index contributed by atoms with van der Waals surface area (Å²) in [5, 5.41) is 16.6. The van der Waals surface area contributed by atoms with Crippen LogP contribution in [-0.2, 0) is 0 Å². The van der Waals surface area contributed by atoms with Gasteiger partial charge in [-0.3, -0.25) is 20.9 Å². The van der Waals surface area contributed by atoms with Crippen LogP contribution in [0.3, 0.4) is 0 Å². The molecule has 206 valence electrons. The molecule has 0 amide bonds. The minimum Gasteiger partial charge on any atom is -0.338 e. The number of likely N-dealkylation sites (N-methyl/N-ethyl adjacent to an activating group) is 1. The van der Waals surface area contributed by atoms with Crippen LogP contribution < -0.4 is 10.6 Å². The fraction of sp³-hybridized carbons (Fsp3) is 0.963. The van der Waals surface area contributed by atoms with Crippen LogP contribution in [0.5, 0.6) is 0 Å². The number of nitrogens with one attached hydrogen (secondary N) is 3. The van der Waals surface area contributed by atoms with Gasteiger partial charge in [0.25, 0.3) is 0 Å². The van der Waals surface area contributed by atoms with Crippen LogP contribution in [-0.4, -0.2) is 84.5 Å². The topological polar surface area (TPSA) is 57.6 Å². The van der Waals surface area contributed by atoms with Crippen LogP contribution in [0.2, 0.25) is 0 Å². The van der Waals surface area contributed by atoms with E-state index >= 15 is 0 Å². The van der Waals surface area contributed by atoms with Gasteiger partial charge in [0.2, 0.25) is 0 Å². The van der Waals surface area contributed by atoms with Gasteiger partial charge >= 0.3 is 6.18 Å². The summed E-state index contributed by atoms with van der Waals surface area (Å²) in [4.78, 5) is 6.52. The van der Waals surface area contributed by atoms with E-state index in [9.17, 15) is 13.2 Å². The summed E-state index contributed by atoms with van der Waals surface area (Å²) in [7, 11) is 2.04. The lowest BCUT2D eigenvalue weighted by molar-refractivity contribution is -0.171. The summed E-state index contributed by atoms with van der Waals surface area (Å²) in [6.45, 7) is 7.27. The SMILES string of the molecule is CC(C)C1CCCCC1C1NCC2C(N1)N(CC1CCC(N3CC[C@H](C(F)(F)F)C3)CC1)C(=N)N2C. The molecule has 0 radical (unpaired) electrons. The zero-order valence-corrected chi connectivity index (χ0v) is 22.4. The van der Waals surface area contributed by atoms with Gasteiger partial charge in [0.1, 0.15) is 6.17 Å². The van der Waals surface area contributed by atoms with E-state index in [0.29, 0.717) is 42.5 Å². The van der Waals surface area contributed by atoms with Gasteiger partial charge in [0, 0.05) is 32.7 Å². The molecule has 5 rings (SSSR count). The molecule has 36 heavy (non-hydrogen) atoms. The van der Waals surface area contributed by atoms with E-state index in [2.05, 4.69) is 39.2 Å². The standard InChI is InChI=1S/C27H47F3N6/c1-17(2)21-6-4-5-7-22(21)24-32-14-23-25(33-24)36(26(31)34(23)3)15-18-8-10-20(11-9-18)35-13-12-19(16-35)27(28,29)30/h17-25,31-33H,4-16H2,1-3H3/t18?,19-,20?,21?,22?,23?,24?,25?/m0/s1. The highest BCUT2D eigenvalue weighted by molar-refractivity contribution is 5.80. The van der Waals surface area contributed by atoms with Gasteiger partial charge in [-0.15, -0.1) is 0 Å². The molecule has 9 heteroatoms. The minimum absolute atomic E-state index is 0.160. The van der Waals surface area contributed by atoms with Crippen molar-refractivity contribution in [3.8, 4) is 0 Å². The first-order valence-corrected chi connectivity index (χ1v) is 14.5. The van der Waals surface area contributed by atoms with Crippen molar-refractivity contribution in [2.45, 2.75) is 102 Å². The van der Waals surface area contributed by atoms with Gasteiger partial charge in [-0.25, -0.2) is 0 Å². The smallest absolute Gasteiger partial charge is 0.338 e. The predicted octanol–water partition coefficient (Wildman–Crippen LogP) is 4.29. The Morgan fingerprint density at radius 1 is 1.03 bits per heavy atom. The van der Waals surface area contributed by atoms with E-state index in [0.717, 1.165) is 44.7 Å². The fourth-order valence-electron chi connectivity index (χ4n) is 8.11. The Hall–Kier alpha value is -1.06. The molecule has 3 N–H and O–H groups in total. The second-order valence-electron chi connectivity index (χ2n) is 12.7. The van der Waals surface area contributed by atoms with E-state index in [1.165, 1.54) is 25.7 Å². The first-order chi connectivity index (χ1) is 17.1. The highest BCUT2D eigenvalue weighted by atomic mass is 19.4. The van der Waals surface area contributed by atoms with Crippen molar-refractivity contribution in [2.75, 3.05) is 33.2 Å². The van der Waals surface area contributed by atoms with Crippen LogP contribution in [0, 0.1) is 35.0 Å². The summed E-state index contributed by atoms with van der Waals surface area (Å²) in [6, 6.07) is 0.554. The van der Waals surface area contributed by atoms with Crippen LogP contribution in [0.25, 0.3) is 0 Å². The van der Waals surface area contributed by atoms with Crippen molar-refractivity contribution in [2.24, 2.45) is 29.6 Å². The third-order valence-corrected chi connectivity index (χ3v) is 10.3. The molecule has 0 aromatic heterocycles. The fourth-order valence-corrected chi connectivity index (χ4v) is 8.11. The molecule has 3 aliphatic heterocycles. The normalized spacial score (nSPS) is 40.8. The van der Waals surface area contributed by atoms with Gasteiger partial charge < -0.3 is 9.80 Å². The summed E-state index contributed by atoms with van der Waals surface area (Å²) >= 11 is 0. The Kier molecular flexibility index (Phi) is 7.82. The second kappa shape index (κ2) is 10.6. The number of halogens is 3.